The van der Waals surface area contributed by atoms with Crippen molar-refractivity contribution >= 4 is 29.2 Å². The van der Waals surface area contributed by atoms with Crippen LogP contribution in [0.3, 0.4) is 0 Å². The molecule has 1 fully saturated rings. The van der Waals surface area contributed by atoms with Gasteiger partial charge in [0.25, 0.3) is 5.91 Å². The third-order valence-corrected chi connectivity index (χ3v) is 7.13. The molecule has 9 nitrogen and oxygen atoms in total. The van der Waals surface area contributed by atoms with E-state index < -0.39 is 5.60 Å². The summed E-state index contributed by atoms with van der Waals surface area (Å²) in [5.74, 6) is 1.34. The van der Waals surface area contributed by atoms with Crippen molar-refractivity contribution in [3.63, 3.8) is 0 Å². The molecule has 0 spiro atoms. The third kappa shape index (κ3) is 7.40. The third-order valence-electron chi connectivity index (χ3n) is 7.13. The minimum Gasteiger partial charge on any atom is -0.384 e. The van der Waals surface area contributed by atoms with Gasteiger partial charge in [-0.1, -0.05) is 24.3 Å². The van der Waals surface area contributed by atoms with Crippen molar-refractivity contribution in [3.8, 4) is 0 Å². The molecule has 0 saturated heterocycles. The van der Waals surface area contributed by atoms with Crippen LogP contribution in [-0.4, -0.2) is 57.5 Å². The molecule has 1 amide bonds. The van der Waals surface area contributed by atoms with Crippen molar-refractivity contribution in [2.75, 3.05) is 31.3 Å². The number of aromatic nitrogens is 3. The lowest BCUT2D eigenvalue weighted by atomic mass is 9.81. The molecule has 0 atom stereocenters. The zero-order valence-corrected chi connectivity index (χ0v) is 23.2. The molecule has 4 N–H and O–H groups in total. The number of nitrogens with zero attached hydrogens (tertiary/aromatic N) is 4. The lowest BCUT2D eigenvalue weighted by Gasteiger charge is -2.32. The fourth-order valence-corrected chi connectivity index (χ4v) is 4.82. The molecule has 1 aliphatic rings. The predicted octanol–water partition coefficient (Wildman–Crippen LogP) is 5.09. The highest BCUT2D eigenvalue weighted by molar-refractivity contribution is 5.99. The second-order valence-electron chi connectivity index (χ2n) is 10.8. The molecule has 0 bridgehead atoms. The van der Waals surface area contributed by atoms with E-state index >= 15 is 0 Å². The smallest absolute Gasteiger partial charge is 0.256 e. The van der Waals surface area contributed by atoms with Crippen LogP contribution in [0.25, 0.3) is 0 Å². The van der Waals surface area contributed by atoms with Crippen LogP contribution in [0.15, 0.2) is 61.3 Å². The van der Waals surface area contributed by atoms with Gasteiger partial charge in [-0.25, -0.2) is 9.97 Å². The van der Waals surface area contributed by atoms with Crippen molar-refractivity contribution < 1.29 is 9.90 Å². The van der Waals surface area contributed by atoms with Crippen LogP contribution in [-0.2, 0) is 5.60 Å². The zero-order valence-electron chi connectivity index (χ0n) is 23.2. The Labute approximate surface area is 230 Å². The fourth-order valence-electron chi connectivity index (χ4n) is 4.82. The molecule has 39 heavy (non-hydrogen) atoms. The van der Waals surface area contributed by atoms with Crippen molar-refractivity contribution in [3.05, 3.63) is 78.1 Å². The van der Waals surface area contributed by atoms with Gasteiger partial charge in [-0.3, -0.25) is 4.79 Å². The first kappa shape index (κ1) is 28.2. The van der Waals surface area contributed by atoms with E-state index in [0.29, 0.717) is 41.8 Å². The predicted molar refractivity (Wildman–Crippen MR) is 156 cm³/mol. The summed E-state index contributed by atoms with van der Waals surface area (Å²) >= 11 is 0. The molecule has 2 heterocycles. The Morgan fingerprint density at radius 1 is 1.08 bits per heavy atom. The van der Waals surface area contributed by atoms with E-state index in [9.17, 15) is 9.90 Å². The van der Waals surface area contributed by atoms with Crippen LogP contribution in [0.1, 0.15) is 67.1 Å². The number of pyridine rings is 1. The van der Waals surface area contributed by atoms with Gasteiger partial charge >= 0.3 is 0 Å². The normalized spacial score (nSPS) is 17.5. The number of aliphatic hydroxyl groups is 1. The Kier molecular flexibility index (Phi) is 8.93. The zero-order chi connectivity index (χ0) is 28.0. The molecule has 1 saturated carbocycles. The van der Waals surface area contributed by atoms with E-state index in [1.54, 1.807) is 38.1 Å². The van der Waals surface area contributed by atoms with Crippen LogP contribution in [0, 0.1) is 0 Å². The van der Waals surface area contributed by atoms with Crippen LogP contribution < -0.4 is 16.0 Å². The highest BCUT2D eigenvalue weighted by Gasteiger charge is 2.24. The minimum absolute atomic E-state index is 0.265. The average Bonchev–Trinajstić information content (AvgIpc) is 2.92. The summed E-state index contributed by atoms with van der Waals surface area (Å²) in [5.41, 5.74) is 1.86. The Hall–Kier alpha value is -3.82. The monoisotopic (exact) mass is 529 g/mol. The highest BCUT2D eigenvalue weighted by atomic mass is 16.3. The second-order valence-corrected chi connectivity index (χ2v) is 10.8. The van der Waals surface area contributed by atoms with E-state index in [4.69, 9.17) is 0 Å². The van der Waals surface area contributed by atoms with Gasteiger partial charge in [-0.2, -0.15) is 4.98 Å². The van der Waals surface area contributed by atoms with Gasteiger partial charge < -0.3 is 26.0 Å². The first-order chi connectivity index (χ1) is 18.6. The number of amides is 1. The average molecular weight is 530 g/mol. The first-order valence-electron chi connectivity index (χ1n) is 13.4. The molecule has 3 aromatic rings. The SMILES string of the molecule is C=CCNC(=O)c1cnc(Nc2ccc(C3CCC(N(C)C)CC3)cc2)nc1Nc1cccc(C(C)(C)O)n1. The number of carbonyl (C=O) groups is 1. The molecular weight excluding hydrogens is 490 g/mol. The molecule has 1 aliphatic carbocycles. The molecule has 1 aromatic carbocycles. The number of rotatable bonds is 10. The van der Waals surface area contributed by atoms with Crippen molar-refractivity contribution in [2.24, 2.45) is 0 Å². The van der Waals surface area contributed by atoms with E-state index in [-0.39, 0.29) is 11.5 Å². The van der Waals surface area contributed by atoms with E-state index in [0.717, 1.165) is 5.69 Å². The molecular formula is C30H39N7O2. The number of hydrogen-bond donors (Lipinski definition) is 4. The van der Waals surface area contributed by atoms with Gasteiger partial charge in [-0.05, 0) is 89.4 Å². The van der Waals surface area contributed by atoms with Crippen LogP contribution in [0.5, 0.6) is 0 Å². The number of hydrogen-bond acceptors (Lipinski definition) is 8. The minimum atomic E-state index is -1.11. The van der Waals surface area contributed by atoms with E-state index in [2.05, 4.69) is 68.6 Å². The fraction of sp³-hybridized carbons (Fsp3) is 0.400. The second kappa shape index (κ2) is 12.4. The largest absolute Gasteiger partial charge is 0.384 e. The molecule has 0 aliphatic heterocycles. The first-order valence-corrected chi connectivity index (χ1v) is 13.4. The maximum atomic E-state index is 12.8. The Morgan fingerprint density at radius 3 is 2.44 bits per heavy atom. The molecule has 4 rings (SSSR count). The van der Waals surface area contributed by atoms with Gasteiger partial charge in [0.1, 0.15) is 22.8 Å². The van der Waals surface area contributed by atoms with Gasteiger partial charge in [0, 0.05) is 24.5 Å². The molecule has 9 heteroatoms. The van der Waals surface area contributed by atoms with E-state index in [1.807, 2.05) is 12.1 Å². The van der Waals surface area contributed by atoms with Crippen LogP contribution >= 0.6 is 0 Å². The quantitative estimate of drug-likeness (QED) is 0.269. The van der Waals surface area contributed by atoms with Gasteiger partial charge in [0.15, 0.2) is 0 Å². The Morgan fingerprint density at radius 2 is 1.79 bits per heavy atom. The van der Waals surface area contributed by atoms with Gasteiger partial charge in [0.05, 0.1) is 5.69 Å². The lowest BCUT2D eigenvalue weighted by molar-refractivity contribution is 0.0740. The summed E-state index contributed by atoms with van der Waals surface area (Å²) in [6.07, 6.45) is 7.93. The van der Waals surface area contributed by atoms with E-state index in [1.165, 1.54) is 37.4 Å². The van der Waals surface area contributed by atoms with Gasteiger partial charge in [-0.15, -0.1) is 6.58 Å². The summed E-state index contributed by atoms with van der Waals surface area (Å²) < 4.78 is 0. The molecule has 0 radical (unpaired) electrons. The Balaban J connectivity index is 1.52. The molecule has 0 unspecified atom stereocenters. The summed E-state index contributed by atoms with van der Waals surface area (Å²) in [7, 11) is 4.33. The summed E-state index contributed by atoms with van der Waals surface area (Å²) in [6.45, 7) is 7.30. The number of carbonyl (C=O) groups excluding carboxylic acids is 1. The maximum Gasteiger partial charge on any atom is 0.256 e. The van der Waals surface area contributed by atoms with Crippen LogP contribution in [0.2, 0.25) is 0 Å². The number of nitrogens with one attached hydrogen (secondary N) is 3. The molecule has 2 aromatic heterocycles. The lowest BCUT2D eigenvalue weighted by Crippen LogP contribution is -2.31. The van der Waals surface area contributed by atoms with Crippen molar-refractivity contribution in [2.45, 2.75) is 57.1 Å². The Bertz CT molecular complexity index is 1280. The van der Waals surface area contributed by atoms with Gasteiger partial charge in [0.2, 0.25) is 5.95 Å². The molecule has 206 valence electrons. The number of anilines is 4. The highest BCUT2D eigenvalue weighted by Crippen LogP contribution is 2.35. The summed E-state index contributed by atoms with van der Waals surface area (Å²) in [4.78, 5) is 28.6. The topological polar surface area (TPSA) is 115 Å². The maximum absolute atomic E-state index is 12.8. The number of benzene rings is 1. The standard InChI is InChI=1S/C30H39N7O2/c1-6-18-31-28(38)24-19-32-29(36-27(24)35-26-9-7-8-25(34-26)30(2,3)39)33-22-14-10-20(11-15-22)21-12-16-23(17-13-21)37(4)5/h6-11,14-15,19,21,23,39H,1,12-13,16-18H2,2-5H3,(H,31,38)(H2,32,33,34,35,36). The summed E-state index contributed by atoms with van der Waals surface area (Å²) in [5, 5.41) is 19.5. The van der Waals surface area contributed by atoms with Crippen molar-refractivity contribution in [1.29, 1.82) is 0 Å². The van der Waals surface area contributed by atoms with Crippen molar-refractivity contribution in [1.82, 2.24) is 25.2 Å². The van der Waals surface area contributed by atoms with Crippen LogP contribution in [0.4, 0.5) is 23.3 Å². The summed E-state index contributed by atoms with van der Waals surface area (Å²) in [6, 6.07) is 14.4.